The number of aromatic nitrogens is 2. The van der Waals surface area contributed by atoms with Crippen molar-refractivity contribution < 1.29 is 22.8 Å². The number of fused-ring (bicyclic) bond motifs is 1. The first-order valence-corrected chi connectivity index (χ1v) is 11.3. The maximum absolute atomic E-state index is 13.0. The number of nitro benzene ring substituents is 1. The Morgan fingerprint density at radius 2 is 1.47 bits per heavy atom. The molecular formula is C22H19N5O6S. The molecule has 12 heteroatoms. The van der Waals surface area contributed by atoms with Crippen LogP contribution < -0.4 is 19.5 Å². The molecule has 0 aliphatic rings. The van der Waals surface area contributed by atoms with Crippen molar-refractivity contribution in [2.24, 2.45) is 0 Å². The number of ether oxygens (including phenoxy) is 2. The number of non-ortho nitro benzene ring substituents is 1. The number of sulfonamides is 1. The highest BCUT2D eigenvalue weighted by Crippen LogP contribution is 2.31. The van der Waals surface area contributed by atoms with Gasteiger partial charge < -0.3 is 14.8 Å². The lowest BCUT2D eigenvalue weighted by atomic mass is 10.2. The van der Waals surface area contributed by atoms with E-state index in [1.807, 2.05) is 0 Å². The van der Waals surface area contributed by atoms with Crippen molar-refractivity contribution in [1.29, 1.82) is 0 Å². The molecule has 34 heavy (non-hydrogen) atoms. The maximum atomic E-state index is 13.0. The minimum absolute atomic E-state index is 0.0907. The lowest BCUT2D eigenvalue weighted by Crippen LogP contribution is -2.16. The standard InChI is InChI=1S/C22H19N5O6S/c1-32-16-10-14(11-17(13-16)33-2)23-21-22(25-20-9-4-3-8-19(20)24-21)26-34(30,31)18-7-5-6-15(12-18)27(28)29/h3-13H,1-2H3,(H,23,24)(H,25,26). The molecule has 0 spiro atoms. The third-order valence-corrected chi connectivity index (χ3v) is 6.09. The zero-order valence-corrected chi connectivity index (χ0v) is 18.9. The summed E-state index contributed by atoms with van der Waals surface area (Å²) in [5.41, 5.74) is 1.14. The molecule has 3 aromatic carbocycles. The van der Waals surface area contributed by atoms with Gasteiger partial charge in [0.15, 0.2) is 11.6 Å². The smallest absolute Gasteiger partial charge is 0.270 e. The Morgan fingerprint density at radius 3 is 2.06 bits per heavy atom. The highest BCUT2D eigenvalue weighted by molar-refractivity contribution is 7.92. The van der Waals surface area contributed by atoms with E-state index in [9.17, 15) is 18.5 Å². The van der Waals surface area contributed by atoms with Crippen LogP contribution in [0, 0.1) is 10.1 Å². The topological polar surface area (TPSA) is 146 Å². The minimum Gasteiger partial charge on any atom is -0.497 e. The summed E-state index contributed by atoms with van der Waals surface area (Å²) in [5, 5.41) is 14.1. The van der Waals surface area contributed by atoms with Crippen LogP contribution in [-0.2, 0) is 10.0 Å². The molecular weight excluding hydrogens is 462 g/mol. The molecule has 0 aliphatic heterocycles. The van der Waals surface area contributed by atoms with E-state index in [-0.39, 0.29) is 22.2 Å². The summed E-state index contributed by atoms with van der Waals surface area (Å²) in [4.78, 5) is 19.1. The van der Waals surface area contributed by atoms with Crippen LogP contribution in [0.25, 0.3) is 11.0 Å². The molecule has 2 N–H and O–H groups in total. The van der Waals surface area contributed by atoms with Crippen LogP contribution in [0.15, 0.2) is 71.6 Å². The summed E-state index contributed by atoms with van der Waals surface area (Å²) in [6.45, 7) is 0. The number of nitro groups is 1. The third kappa shape index (κ3) is 4.81. The van der Waals surface area contributed by atoms with Crippen molar-refractivity contribution >= 4 is 44.1 Å². The van der Waals surface area contributed by atoms with Crippen LogP contribution in [0.2, 0.25) is 0 Å². The fraction of sp³-hybridized carbons (Fsp3) is 0.0909. The summed E-state index contributed by atoms with van der Waals surface area (Å²) in [7, 11) is -1.21. The molecule has 174 valence electrons. The van der Waals surface area contributed by atoms with Gasteiger partial charge in [0.1, 0.15) is 11.5 Å². The van der Waals surface area contributed by atoms with E-state index in [1.54, 1.807) is 42.5 Å². The Morgan fingerprint density at radius 1 is 0.853 bits per heavy atom. The van der Waals surface area contributed by atoms with Crippen molar-refractivity contribution in [3.8, 4) is 11.5 Å². The average Bonchev–Trinajstić information content (AvgIpc) is 2.84. The van der Waals surface area contributed by atoms with Crippen molar-refractivity contribution in [3.63, 3.8) is 0 Å². The van der Waals surface area contributed by atoms with Crippen molar-refractivity contribution in [2.75, 3.05) is 24.3 Å². The largest absolute Gasteiger partial charge is 0.497 e. The quantitative estimate of drug-likeness (QED) is 0.280. The molecule has 0 unspecified atom stereocenters. The van der Waals surface area contributed by atoms with Crippen LogP contribution in [0.4, 0.5) is 23.0 Å². The van der Waals surface area contributed by atoms with Gasteiger partial charge in [0.25, 0.3) is 15.7 Å². The molecule has 0 aliphatic carbocycles. The van der Waals surface area contributed by atoms with Gasteiger partial charge in [-0.2, -0.15) is 0 Å². The lowest BCUT2D eigenvalue weighted by Gasteiger charge is -2.15. The van der Waals surface area contributed by atoms with E-state index < -0.39 is 14.9 Å². The number of methoxy groups -OCH3 is 2. The van der Waals surface area contributed by atoms with Gasteiger partial charge in [-0.25, -0.2) is 18.4 Å². The van der Waals surface area contributed by atoms with Crippen molar-refractivity contribution in [1.82, 2.24) is 9.97 Å². The summed E-state index contributed by atoms with van der Waals surface area (Å²) in [6.07, 6.45) is 0. The van der Waals surface area contributed by atoms with Crippen LogP contribution >= 0.6 is 0 Å². The fourth-order valence-corrected chi connectivity index (χ4v) is 4.17. The number of rotatable bonds is 8. The Hall–Kier alpha value is -4.45. The van der Waals surface area contributed by atoms with E-state index in [2.05, 4.69) is 20.0 Å². The molecule has 0 amide bonds. The number of para-hydroxylation sites is 2. The molecule has 11 nitrogen and oxygen atoms in total. The highest BCUT2D eigenvalue weighted by atomic mass is 32.2. The zero-order chi connectivity index (χ0) is 24.3. The van der Waals surface area contributed by atoms with Crippen LogP contribution in [0.1, 0.15) is 0 Å². The Labute approximate surface area is 194 Å². The van der Waals surface area contributed by atoms with Gasteiger partial charge in [0, 0.05) is 36.0 Å². The second-order valence-electron chi connectivity index (χ2n) is 7.00. The molecule has 0 radical (unpaired) electrons. The summed E-state index contributed by atoms with van der Waals surface area (Å²) >= 11 is 0. The number of anilines is 3. The average molecular weight is 481 g/mol. The molecule has 0 saturated heterocycles. The number of hydrogen-bond acceptors (Lipinski definition) is 9. The second-order valence-corrected chi connectivity index (χ2v) is 8.68. The van der Waals surface area contributed by atoms with Gasteiger partial charge in [-0.1, -0.05) is 18.2 Å². The molecule has 0 bridgehead atoms. The summed E-state index contributed by atoms with van der Waals surface area (Å²) in [6, 6.07) is 16.7. The number of benzene rings is 3. The summed E-state index contributed by atoms with van der Waals surface area (Å²) < 4.78 is 39.1. The monoisotopic (exact) mass is 481 g/mol. The van der Waals surface area contributed by atoms with Gasteiger partial charge in [-0.15, -0.1) is 0 Å². The van der Waals surface area contributed by atoms with E-state index >= 15 is 0 Å². The molecule has 4 rings (SSSR count). The predicted octanol–water partition coefficient (Wildman–Crippen LogP) is 4.10. The Bertz CT molecular complexity index is 1470. The van der Waals surface area contributed by atoms with Crippen LogP contribution in [0.5, 0.6) is 11.5 Å². The second kappa shape index (κ2) is 9.19. The first-order chi connectivity index (χ1) is 16.3. The van der Waals surface area contributed by atoms with Gasteiger partial charge >= 0.3 is 0 Å². The molecule has 0 fully saturated rings. The molecule has 4 aromatic rings. The molecule has 1 aromatic heterocycles. The molecule has 1 heterocycles. The number of nitrogens with one attached hydrogen (secondary N) is 2. The normalized spacial score (nSPS) is 11.1. The first kappa shape index (κ1) is 22.7. The van der Waals surface area contributed by atoms with Crippen molar-refractivity contribution in [3.05, 3.63) is 76.8 Å². The van der Waals surface area contributed by atoms with Gasteiger partial charge in [-0.3, -0.25) is 14.8 Å². The predicted molar refractivity (Wildman–Crippen MR) is 126 cm³/mol. The van der Waals surface area contributed by atoms with Crippen molar-refractivity contribution in [2.45, 2.75) is 4.90 Å². The third-order valence-electron chi connectivity index (χ3n) is 4.75. The first-order valence-electron chi connectivity index (χ1n) is 9.83. The minimum atomic E-state index is -4.22. The summed E-state index contributed by atoms with van der Waals surface area (Å²) in [5.74, 6) is 1.04. The van der Waals surface area contributed by atoms with Crippen LogP contribution in [0.3, 0.4) is 0 Å². The number of hydrogen-bond donors (Lipinski definition) is 2. The highest BCUT2D eigenvalue weighted by Gasteiger charge is 2.21. The Kier molecular flexibility index (Phi) is 6.15. The van der Waals surface area contributed by atoms with E-state index in [0.717, 1.165) is 6.07 Å². The maximum Gasteiger partial charge on any atom is 0.270 e. The Balaban J connectivity index is 1.79. The van der Waals surface area contributed by atoms with E-state index in [4.69, 9.17) is 9.47 Å². The van der Waals surface area contributed by atoms with E-state index in [1.165, 1.54) is 32.4 Å². The van der Waals surface area contributed by atoms with Gasteiger partial charge in [0.2, 0.25) is 0 Å². The lowest BCUT2D eigenvalue weighted by molar-refractivity contribution is -0.385. The SMILES string of the molecule is COc1cc(Nc2nc3ccccc3nc2NS(=O)(=O)c2cccc([N+](=O)[O-])c2)cc(OC)c1. The zero-order valence-electron chi connectivity index (χ0n) is 18.1. The van der Waals surface area contributed by atoms with Crippen LogP contribution in [-0.4, -0.2) is 37.5 Å². The fourth-order valence-electron chi connectivity index (χ4n) is 3.13. The van der Waals surface area contributed by atoms with Gasteiger partial charge in [-0.05, 0) is 18.2 Å². The van der Waals surface area contributed by atoms with Gasteiger partial charge in [0.05, 0.1) is 35.1 Å². The van der Waals surface area contributed by atoms with E-state index in [0.29, 0.717) is 28.2 Å². The molecule has 0 saturated carbocycles. The number of nitrogens with zero attached hydrogens (tertiary/aromatic N) is 3. The molecule has 0 atom stereocenters.